The molecule has 4 heteroatoms. The number of rotatable bonds is 3. The SMILES string of the molecule is c1cc(-c2ccccc2-n2c3ccccc3c3c4c(ccc32)oc2ccccc24)cc(-n2c3ccccc3c3c4c(ccc32)oc2ccccc24)c1. The molecule has 0 fully saturated rings. The minimum absolute atomic E-state index is 0.907. The van der Waals surface area contributed by atoms with E-state index in [2.05, 4.69) is 167 Å². The molecule has 12 rings (SSSR count). The van der Waals surface area contributed by atoms with Crippen LogP contribution in [0.1, 0.15) is 0 Å². The molecular formula is C48H28N2O2. The van der Waals surface area contributed by atoms with Gasteiger partial charge in [0.05, 0.1) is 27.8 Å². The first-order valence-corrected chi connectivity index (χ1v) is 17.7. The summed E-state index contributed by atoms with van der Waals surface area (Å²) in [5, 5.41) is 9.45. The van der Waals surface area contributed by atoms with Crippen LogP contribution >= 0.6 is 0 Å². The number of benzene rings is 8. The van der Waals surface area contributed by atoms with Gasteiger partial charge in [-0.05, 0) is 72.3 Å². The van der Waals surface area contributed by atoms with E-state index in [-0.39, 0.29) is 0 Å². The summed E-state index contributed by atoms with van der Waals surface area (Å²) in [5.74, 6) is 0. The lowest BCUT2D eigenvalue weighted by Crippen LogP contribution is -1.98. The Kier molecular flexibility index (Phi) is 5.47. The molecule has 0 N–H and O–H groups in total. The molecule has 0 aliphatic heterocycles. The Morgan fingerprint density at radius 1 is 0.327 bits per heavy atom. The quantitative estimate of drug-likeness (QED) is 0.188. The van der Waals surface area contributed by atoms with Crippen LogP contribution < -0.4 is 0 Å². The fourth-order valence-electron chi connectivity index (χ4n) is 8.81. The molecule has 8 aromatic carbocycles. The summed E-state index contributed by atoms with van der Waals surface area (Å²) >= 11 is 0. The summed E-state index contributed by atoms with van der Waals surface area (Å²) in [7, 11) is 0. The van der Waals surface area contributed by atoms with Crippen LogP contribution in [-0.4, -0.2) is 9.13 Å². The zero-order valence-corrected chi connectivity index (χ0v) is 27.9. The van der Waals surface area contributed by atoms with Crippen LogP contribution in [0.5, 0.6) is 0 Å². The van der Waals surface area contributed by atoms with Gasteiger partial charge in [0.25, 0.3) is 0 Å². The van der Waals surface area contributed by atoms with Gasteiger partial charge in [0, 0.05) is 54.3 Å². The maximum Gasteiger partial charge on any atom is 0.136 e. The van der Waals surface area contributed by atoms with Crippen molar-refractivity contribution in [1.82, 2.24) is 9.13 Å². The highest BCUT2D eigenvalue weighted by Gasteiger charge is 2.22. The van der Waals surface area contributed by atoms with E-state index < -0.39 is 0 Å². The molecule has 0 aliphatic rings. The van der Waals surface area contributed by atoms with E-state index in [1.807, 2.05) is 12.1 Å². The van der Waals surface area contributed by atoms with Gasteiger partial charge in [-0.25, -0.2) is 0 Å². The highest BCUT2D eigenvalue weighted by Crippen LogP contribution is 2.44. The summed E-state index contributed by atoms with van der Waals surface area (Å²) in [6, 6.07) is 60.5. The van der Waals surface area contributed by atoms with Crippen molar-refractivity contribution < 1.29 is 8.83 Å². The fraction of sp³-hybridized carbons (Fsp3) is 0. The molecule has 12 aromatic rings. The Hall–Kier alpha value is -7.04. The van der Waals surface area contributed by atoms with Crippen molar-refractivity contribution in [2.75, 3.05) is 0 Å². The second-order valence-corrected chi connectivity index (χ2v) is 13.6. The number of furan rings is 2. The van der Waals surface area contributed by atoms with Crippen LogP contribution in [0.3, 0.4) is 0 Å². The minimum Gasteiger partial charge on any atom is -0.456 e. The number of aromatic nitrogens is 2. The smallest absolute Gasteiger partial charge is 0.136 e. The molecule has 0 atom stereocenters. The largest absolute Gasteiger partial charge is 0.456 e. The summed E-state index contributed by atoms with van der Waals surface area (Å²) in [6.45, 7) is 0. The van der Waals surface area contributed by atoms with Gasteiger partial charge in [-0.2, -0.15) is 0 Å². The lowest BCUT2D eigenvalue weighted by molar-refractivity contribution is 0.669. The van der Waals surface area contributed by atoms with E-state index in [9.17, 15) is 0 Å². The van der Waals surface area contributed by atoms with Gasteiger partial charge in [-0.15, -0.1) is 0 Å². The monoisotopic (exact) mass is 664 g/mol. The number of fused-ring (bicyclic) bond motifs is 14. The van der Waals surface area contributed by atoms with Crippen LogP contribution in [0.4, 0.5) is 0 Å². The number of nitrogens with zero attached hydrogens (tertiary/aromatic N) is 2. The molecule has 0 spiro atoms. The molecule has 0 aliphatic carbocycles. The van der Waals surface area contributed by atoms with E-state index in [1.165, 1.54) is 27.1 Å². The normalized spacial score (nSPS) is 12.2. The topological polar surface area (TPSA) is 36.1 Å². The Balaban J connectivity index is 1.12. The third-order valence-corrected chi connectivity index (χ3v) is 10.9. The molecule has 4 heterocycles. The third-order valence-electron chi connectivity index (χ3n) is 10.9. The minimum atomic E-state index is 0.907. The lowest BCUT2D eigenvalue weighted by Gasteiger charge is -2.15. The van der Waals surface area contributed by atoms with Gasteiger partial charge in [0.15, 0.2) is 0 Å². The lowest BCUT2D eigenvalue weighted by atomic mass is 10.0. The molecule has 0 saturated heterocycles. The van der Waals surface area contributed by atoms with Crippen molar-refractivity contribution in [3.8, 4) is 22.5 Å². The third kappa shape index (κ3) is 3.65. The Morgan fingerprint density at radius 3 is 1.50 bits per heavy atom. The Bertz CT molecular complexity index is 3420. The van der Waals surface area contributed by atoms with Gasteiger partial charge in [-0.3, -0.25) is 0 Å². The maximum absolute atomic E-state index is 6.35. The van der Waals surface area contributed by atoms with Crippen molar-refractivity contribution in [2.24, 2.45) is 0 Å². The number of hydrogen-bond acceptors (Lipinski definition) is 2. The van der Waals surface area contributed by atoms with Gasteiger partial charge in [-0.1, -0.05) is 103 Å². The van der Waals surface area contributed by atoms with E-state index in [4.69, 9.17) is 8.83 Å². The molecule has 242 valence electrons. The van der Waals surface area contributed by atoms with Crippen LogP contribution in [0.2, 0.25) is 0 Å². The average molecular weight is 665 g/mol. The molecular weight excluding hydrogens is 637 g/mol. The van der Waals surface area contributed by atoms with Crippen LogP contribution in [0.15, 0.2) is 179 Å². The molecule has 52 heavy (non-hydrogen) atoms. The first-order chi connectivity index (χ1) is 25.8. The molecule has 4 nitrogen and oxygen atoms in total. The average Bonchev–Trinajstić information content (AvgIpc) is 3.95. The van der Waals surface area contributed by atoms with Gasteiger partial charge < -0.3 is 18.0 Å². The number of hydrogen-bond donors (Lipinski definition) is 0. The highest BCUT2D eigenvalue weighted by molar-refractivity contribution is 6.28. The standard InChI is InChI=1S/C48H28N2O2/c1-6-19-36(50-38-21-8-3-16-33(38)46-40(50)25-27-44-48(46)35-18-5-10-23-42(35)52-44)31(14-1)29-12-11-13-30(28-29)49-37-20-7-2-15-32(37)45-39(49)24-26-43-47(45)34-17-4-9-22-41(34)51-43/h1-28H. The zero-order chi connectivity index (χ0) is 33.9. The second kappa shape index (κ2) is 10.3. The van der Waals surface area contributed by atoms with Crippen molar-refractivity contribution in [2.45, 2.75) is 0 Å². The van der Waals surface area contributed by atoms with E-state index in [0.717, 1.165) is 82.9 Å². The first-order valence-electron chi connectivity index (χ1n) is 17.7. The molecule has 4 aromatic heterocycles. The summed E-state index contributed by atoms with van der Waals surface area (Å²) < 4.78 is 17.5. The summed E-state index contributed by atoms with van der Waals surface area (Å²) in [6.07, 6.45) is 0. The van der Waals surface area contributed by atoms with Crippen molar-refractivity contribution in [3.63, 3.8) is 0 Å². The van der Waals surface area contributed by atoms with Crippen LogP contribution in [0, 0.1) is 0 Å². The van der Waals surface area contributed by atoms with Crippen molar-refractivity contribution in [3.05, 3.63) is 170 Å². The number of para-hydroxylation sites is 5. The predicted molar refractivity (Wildman–Crippen MR) is 215 cm³/mol. The van der Waals surface area contributed by atoms with Gasteiger partial charge in [0.2, 0.25) is 0 Å². The predicted octanol–water partition coefficient (Wildman–Crippen LogP) is 13.3. The summed E-state index contributed by atoms with van der Waals surface area (Å²) in [4.78, 5) is 0. The second-order valence-electron chi connectivity index (χ2n) is 13.6. The Labute approximate surface area is 296 Å². The zero-order valence-electron chi connectivity index (χ0n) is 27.9. The summed E-state index contributed by atoms with van der Waals surface area (Å²) in [5.41, 5.74) is 12.8. The highest BCUT2D eigenvalue weighted by atomic mass is 16.3. The molecule has 0 saturated carbocycles. The van der Waals surface area contributed by atoms with Crippen molar-refractivity contribution in [1.29, 1.82) is 0 Å². The Morgan fingerprint density at radius 2 is 0.846 bits per heavy atom. The van der Waals surface area contributed by atoms with E-state index >= 15 is 0 Å². The molecule has 0 bridgehead atoms. The van der Waals surface area contributed by atoms with E-state index in [1.54, 1.807) is 0 Å². The van der Waals surface area contributed by atoms with Gasteiger partial charge in [0.1, 0.15) is 22.3 Å². The molecule has 0 unspecified atom stereocenters. The maximum atomic E-state index is 6.35. The fourth-order valence-corrected chi connectivity index (χ4v) is 8.81. The van der Waals surface area contributed by atoms with Crippen LogP contribution in [-0.2, 0) is 0 Å². The van der Waals surface area contributed by atoms with E-state index in [0.29, 0.717) is 0 Å². The van der Waals surface area contributed by atoms with Gasteiger partial charge >= 0.3 is 0 Å². The van der Waals surface area contributed by atoms with Crippen molar-refractivity contribution >= 4 is 87.5 Å². The molecule has 0 radical (unpaired) electrons. The molecule has 0 amide bonds. The first kappa shape index (κ1) is 27.7. The van der Waals surface area contributed by atoms with Crippen LogP contribution in [0.25, 0.3) is 110 Å².